The Morgan fingerprint density at radius 1 is 1.31 bits per heavy atom. The fraction of sp³-hybridized carbons (Fsp3) is 0.250. The maximum atomic E-state index is 13.0. The van der Waals surface area contributed by atoms with Crippen LogP contribution in [0, 0.1) is 5.82 Å². The van der Waals surface area contributed by atoms with Crippen LogP contribution < -0.4 is 22.9 Å². The van der Waals surface area contributed by atoms with Gasteiger partial charge in [-0.15, -0.1) is 0 Å². The zero-order valence-corrected chi connectivity index (χ0v) is 7.13. The molecule has 1 rings (SSSR count). The van der Waals surface area contributed by atoms with Crippen LogP contribution in [0.5, 0.6) is 0 Å². The average molecular weight is 184 g/mol. The molecule has 0 heterocycles. The molecule has 1 aromatic rings. The van der Waals surface area contributed by atoms with Crippen LogP contribution in [0.2, 0.25) is 0 Å². The number of nitrogens with two attached hydrogens (primary N) is 4. The Morgan fingerprint density at radius 3 is 2.38 bits per heavy atom. The van der Waals surface area contributed by atoms with Crippen LogP contribution in [-0.2, 0) is 0 Å². The summed E-state index contributed by atoms with van der Waals surface area (Å²) in [6, 6.07) is 2.39. The van der Waals surface area contributed by atoms with Crippen molar-refractivity contribution in [3.05, 3.63) is 23.5 Å². The van der Waals surface area contributed by atoms with Gasteiger partial charge in [-0.25, -0.2) is 4.39 Å². The van der Waals surface area contributed by atoms with Crippen molar-refractivity contribution in [2.75, 3.05) is 18.0 Å². The van der Waals surface area contributed by atoms with E-state index in [1.165, 1.54) is 12.1 Å². The summed E-state index contributed by atoms with van der Waals surface area (Å²) in [5.74, 6) is -0.557. The van der Waals surface area contributed by atoms with Crippen LogP contribution in [0.3, 0.4) is 0 Å². The van der Waals surface area contributed by atoms with Crippen molar-refractivity contribution in [1.29, 1.82) is 0 Å². The van der Waals surface area contributed by atoms with Gasteiger partial charge >= 0.3 is 0 Å². The van der Waals surface area contributed by atoms with Crippen molar-refractivity contribution in [3.63, 3.8) is 0 Å². The van der Waals surface area contributed by atoms with E-state index in [2.05, 4.69) is 0 Å². The van der Waals surface area contributed by atoms with Gasteiger partial charge in [-0.2, -0.15) is 0 Å². The molecule has 1 aromatic carbocycles. The highest BCUT2D eigenvalue weighted by Crippen LogP contribution is 2.23. The molecule has 4 nitrogen and oxygen atoms in total. The van der Waals surface area contributed by atoms with Gasteiger partial charge in [0.05, 0.1) is 11.4 Å². The van der Waals surface area contributed by atoms with E-state index in [1.54, 1.807) is 0 Å². The van der Waals surface area contributed by atoms with Crippen molar-refractivity contribution in [2.45, 2.75) is 6.04 Å². The monoisotopic (exact) mass is 184 g/mol. The van der Waals surface area contributed by atoms with E-state index in [0.29, 0.717) is 5.56 Å². The van der Waals surface area contributed by atoms with Gasteiger partial charge in [0.2, 0.25) is 0 Å². The van der Waals surface area contributed by atoms with Crippen LogP contribution in [-0.4, -0.2) is 6.54 Å². The number of nitrogen functional groups attached to an aromatic ring is 2. The van der Waals surface area contributed by atoms with Crippen molar-refractivity contribution >= 4 is 11.4 Å². The Labute approximate surface area is 75.7 Å². The SMILES string of the molecule is NC[C@@H](N)c1cc(N)c(N)c(F)c1. The maximum Gasteiger partial charge on any atom is 0.148 e. The summed E-state index contributed by atoms with van der Waals surface area (Å²) in [6.45, 7) is 0.239. The summed E-state index contributed by atoms with van der Waals surface area (Å²) < 4.78 is 13.0. The maximum absolute atomic E-state index is 13.0. The molecule has 0 saturated carbocycles. The molecule has 0 amide bonds. The van der Waals surface area contributed by atoms with Gasteiger partial charge in [-0.3, -0.25) is 0 Å². The second kappa shape index (κ2) is 3.59. The molecule has 8 N–H and O–H groups in total. The summed E-state index contributed by atoms with van der Waals surface area (Å²) >= 11 is 0. The number of hydrogen-bond acceptors (Lipinski definition) is 4. The van der Waals surface area contributed by atoms with Gasteiger partial charge in [-0.05, 0) is 17.7 Å². The highest BCUT2D eigenvalue weighted by Gasteiger charge is 2.09. The number of rotatable bonds is 2. The Balaban J connectivity index is 3.13. The first-order valence-corrected chi connectivity index (χ1v) is 3.86. The van der Waals surface area contributed by atoms with E-state index in [1.807, 2.05) is 0 Å². The Morgan fingerprint density at radius 2 is 1.92 bits per heavy atom. The predicted octanol–water partition coefficient (Wildman–Crippen LogP) is -0.0514. The van der Waals surface area contributed by atoms with E-state index in [0.717, 1.165) is 0 Å². The molecular weight excluding hydrogens is 171 g/mol. The second-order valence-corrected chi connectivity index (χ2v) is 2.85. The quantitative estimate of drug-likeness (QED) is 0.483. The third kappa shape index (κ3) is 1.88. The summed E-state index contributed by atoms with van der Waals surface area (Å²) in [5, 5.41) is 0. The lowest BCUT2D eigenvalue weighted by Gasteiger charge is -2.11. The van der Waals surface area contributed by atoms with Crippen molar-refractivity contribution in [2.24, 2.45) is 11.5 Å². The molecule has 1 atom stereocenters. The second-order valence-electron chi connectivity index (χ2n) is 2.85. The van der Waals surface area contributed by atoms with Gasteiger partial charge in [0.1, 0.15) is 5.82 Å². The largest absolute Gasteiger partial charge is 0.397 e. The third-order valence-corrected chi connectivity index (χ3v) is 1.87. The van der Waals surface area contributed by atoms with Gasteiger partial charge in [0.25, 0.3) is 0 Å². The lowest BCUT2D eigenvalue weighted by atomic mass is 10.1. The van der Waals surface area contributed by atoms with Crippen LogP contribution >= 0.6 is 0 Å². The van der Waals surface area contributed by atoms with Crippen LogP contribution in [0.1, 0.15) is 11.6 Å². The number of benzene rings is 1. The standard InChI is InChI=1S/C8H13FN4/c9-5-1-4(7(12)3-10)2-6(11)8(5)13/h1-2,7H,3,10-13H2/t7-/m1/s1. The molecule has 0 aliphatic rings. The smallest absolute Gasteiger partial charge is 0.148 e. The molecule has 0 aliphatic carbocycles. The first-order valence-electron chi connectivity index (χ1n) is 3.86. The highest BCUT2D eigenvalue weighted by molar-refractivity contribution is 5.65. The Hall–Kier alpha value is -1.33. The van der Waals surface area contributed by atoms with Crippen molar-refractivity contribution in [3.8, 4) is 0 Å². The summed E-state index contributed by atoms with van der Waals surface area (Å²) in [7, 11) is 0. The number of hydrogen-bond donors (Lipinski definition) is 4. The molecular formula is C8H13FN4. The average Bonchev–Trinajstić information content (AvgIpc) is 2.12. The molecule has 5 heteroatoms. The highest BCUT2D eigenvalue weighted by atomic mass is 19.1. The van der Waals surface area contributed by atoms with Gasteiger partial charge in [0, 0.05) is 12.6 Å². The minimum Gasteiger partial charge on any atom is -0.397 e. The van der Waals surface area contributed by atoms with Crippen molar-refractivity contribution < 1.29 is 4.39 Å². The molecule has 0 saturated heterocycles. The van der Waals surface area contributed by atoms with E-state index in [4.69, 9.17) is 22.9 Å². The molecule has 13 heavy (non-hydrogen) atoms. The van der Waals surface area contributed by atoms with E-state index in [9.17, 15) is 4.39 Å². The lowest BCUT2D eigenvalue weighted by Crippen LogP contribution is -2.21. The summed E-state index contributed by atoms with van der Waals surface area (Å²) in [5.41, 5.74) is 22.4. The van der Waals surface area contributed by atoms with E-state index in [-0.39, 0.29) is 17.9 Å². The topological polar surface area (TPSA) is 104 Å². The normalized spacial score (nSPS) is 12.8. The molecule has 0 radical (unpaired) electrons. The minimum absolute atomic E-state index is 0.0482. The predicted molar refractivity (Wildman–Crippen MR) is 51.2 cm³/mol. The fourth-order valence-electron chi connectivity index (χ4n) is 1.01. The summed E-state index contributed by atoms with van der Waals surface area (Å²) in [4.78, 5) is 0. The number of anilines is 2. The van der Waals surface area contributed by atoms with Crippen molar-refractivity contribution in [1.82, 2.24) is 0 Å². The zero-order chi connectivity index (χ0) is 10.0. The molecule has 0 spiro atoms. The first kappa shape index (κ1) is 9.76. The summed E-state index contributed by atoms with van der Waals surface area (Å²) in [6.07, 6.45) is 0. The van der Waals surface area contributed by atoms with Gasteiger partial charge < -0.3 is 22.9 Å². The fourth-order valence-corrected chi connectivity index (χ4v) is 1.01. The van der Waals surface area contributed by atoms with Gasteiger partial charge in [-0.1, -0.05) is 0 Å². The first-order chi connectivity index (χ1) is 6.06. The molecule has 72 valence electrons. The molecule has 0 fully saturated rings. The van der Waals surface area contributed by atoms with Crippen LogP contribution in [0.15, 0.2) is 12.1 Å². The molecule has 0 bridgehead atoms. The van der Waals surface area contributed by atoms with Crippen LogP contribution in [0.25, 0.3) is 0 Å². The van der Waals surface area contributed by atoms with Gasteiger partial charge in [0.15, 0.2) is 0 Å². The Kier molecular flexibility index (Phi) is 2.69. The lowest BCUT2D eigenvalue weighted by molar-refractivity contribution is 0.625. The molecule has 0 unspecified atom stereocenters. The van der Waals surface area contributed by atoms with Crippen LogP contribution in [0.4, 0.5) is 15.8 Å². The minimum atomic E-state index is -0.557. The molecule has 0 aromatic heterocycles. The third-order valence-electron chi connectivity index (χ3n) is 1.87. The molecule has 0 aliphatic heterocycles. The van der Waals surface area contributed by atoms with E-state index >= 15 is 0 Å². The number of halogens is 1. The zero-order valence-electron chi connectivity index (χ0n) is 7.13. The Bertz CT molecular complexity index is 290. The van der Waals surface area contributed by atoms with E-state index < -0.39 is 11.9 Å².